The summed E-state index contributed by atoms with van der Waals surface area (Å²) in [6, 6.07) is 8.87. The minimum Gasteiger partial charge on any atom is -0.0766 e. The van der Waals surface area contributed by atoms with Gasteiger partial charge in [0.2, 0.25) is 0 Å². The fourth-order valence-electron chi connectivity index (χ4n) is 3.10. The molecule has 0 N–H and O–H groups in total. The molecular weight excluding hydrogens is 240 g/mol. The van der Waals surface area contributed by atoms with Crippen LogP contribution in [0, 0.1) is 0 Å². The zero-order chi connectivity index (χ0) is 14.8. The lowest BCUT2D eigenvalue weighted by Crippen LogP contribution is -2.24. The average molecular weight is 266 g/mol. The van der Waals surface area contributed by atoms with E-state index in [-0.39, 0.29) is 5.41 Å². The number of hydrogen-bond acceptors (Lipinski definition) is 0. The number of benzene rings is 1. The minimum atomic E-state index is 0.248. The summed E-state index contributed by atoms with van der Waals surface area (Å²) in [6.45, 7) is 10.9. The van der Waals surface area contributed by atoms with Gasteiger partial charge < -0.3 is 0 Å². The van der Waals surface area contributed by atoms with Crippen LogP contribution in [0.5, 0.6) is 0 Å². The Morgan fingerprint density at radius 2 is 1.70 bits per heavy atom. The summed E-state index contributed by atoms with van der Waals surface area (Å²) in [6.07, 6.45) is 9.24. The zero-order valence-corrected chi connectivity index (χ0v) is 13.5. The van der Waals surface area contributed by atoms with Crippen molar-refractivity contribution >= 4 is 5.57 Å². The van der Waals surface area contributed by atoms with E-state index in [4.69, 9.17) is 0 Å². The van der Waals surface area contributed by atoms with Gasteiger partial charge in [-0.1, -0.05) is 75.8 Å². The lowest BCUT2D eigenvalue weighted by Gasteiger charge is -2.35. The topological polar surface area (TPSA) is 0 Å². The van der Waals surface area contributed by atoms with E-state index in [1.807, 2.05) is 13.8 Å². The summed E-state index contributed by atoms with van der Waals surface area (Å²) >= 11 is 0. The van der Waals surface area contributed by atoms with E-state index in [1.165, 1.54) is 27.8 Å². The highest BCUT2D eigenvalue weighted by Gasteiger charge is 2.32. The van der Waals surface area contributed by atoms with Gasteiger partial charge in [-0.25, -0.2) is 0 Å². The summed E-state index contributed by atoms with van der Waals surface area (Å²) in [5.74, 6) is 0. The number of allylic oxidation sites excluding steroid dienone is 6. The highest BCUT2D eigenvalue weighted by molar-refractivity contribution is 5.85. The van der Waals surface area contributed by atoms with Crippen LogP contribution in [-0.4, -0.2) is 0 Å². The lowest BCUT2D eigenvalue weighted by molar-refractivity contribution is 0.515. The molecule has 0 aliphatic heterocycles. The number of hydrogen-bond donors (Lipinski definition) is 0. The van der Waals surface area contributed by atoms with Crippen LogP contribution in [0.1, 0.15) is 58.6 Å². The summed E-state index contributed by atoms with van der Waals surface area (Å²) in [7, 11) is 0. The molecule has 2 aliphatic carbocycles. The smallest absolute Gasteiger partial charge is 0.00570 e. The maximum absolute atomic E-state index is 2.42. The van der Waals surface area contributed by atoms with Crippen molar-refractivity contribution < 1.29 is 0 Å². The largest absolute Gasteiger partial charge is 0.0766 e. The fraction of sp³-hybridized carbons (Fsp3) is 0.400. The molecule has 2 aliphatic rings. The second-order valence-electron chi connectivity index (χ2n) is 6.13. The quantitative estimate of drug-likeness (QED) is 0.536. The van der Waals surface area contributed by atoms with Crippen LogP contribution in [0.4, 0.5) is 0 Å². The first kappa shape index (κ1) is 14.8. The van der Waals surface area contributed by atoms with Crippen LogP contribution in [-0.2, 0) is 5.41 Å². The third-order valence-corrected chi connectivity index (χ3v) is 4.13. The Bertz CT molecular complexity index is 580. The number of rotatable bonds is 0. The van der Waals surface area contributed by atoms with Gasteiger partial charge in [0.1, 0.15) is 0 Å². The van der Waals surface area contributed by atoms with Gasteiger partial charge in [-0.15, -0.1) is 0 Å². The van der Waals surface area contributed by atoms with Crippen molar-refractivity contribution in [3.63, 3.8) is 0 Å². The molecule has 3 rings (SSSR count). The normalized spacial score (nSPS) is 19.1. The maximum Gasteiger partial charge on any atom is -0.00570 e. The first-order valence-corrected chi connectivity index (χ1v) is 7.75. The van der Waals surface area contributed by atoms with Gasteiger partial charge in [0.15, 0.2) is 0 Å². The molecule has 0 spiro atoms. The van der Waals surface area contributed by atoms with E-state index in [2.05, 4.69) is 63.3 Å². The van der Waals surface area contributed by atoms with E-state index < -0.39 is 0 Å². The highest BCUT2D eigenvalue weighted by Crippen LogP contribution is 2.45. The monoisotopic (exact) mass is 266 g/mol. The van der Waals surface area contributed by atoms with E-state index in [1.54, 1.807) is 0 Å². The summed E-state index contributed by atoms with van der Waals surface area (Å²) < 4.78 is 0. The third kappa shape index (κ3) is 2.65. The van der Waals surface area contributed by atoms with Crippen LogP contribution < -0.4 is 0 Å². The molecular formula is C20H26. The predicted octanol–water partition coefficient (Wildman–Crippen LogP) is 6.05. The van der Waals surface area contributed by atoms with Crippen molar-refractivity contribution in [1.29, 1.82) is 0 Å². The average Bonchev–Trinajstić information content (AvgIpc) is 2.63. The van der Waals surface area contributed by atoms with Crippen molar-refractivity contribution in [3.8, 4) is 0 Å². The third-order valence-electron chi connectivity index (χ3n) is 4.13. The van der Waals surface area contributed by atoms with Crippen molar-refractivity contribution in [1.82, 2.24) is 0 Å². The van der Waals surface area contributed by atoms with Crippen molar-refractivity contribution in [2.45, 2.75) is 52.9 Å². The zero-order valence-electron chi connectivity index (χ0n) is 13.5. The Balaban J connectivity index is 0.000000704. The van der Waals surface area contributed by atoms with Crippen LogP contribution in [0.2, 0.25) is 0 Å². The molecule has 0 bridgehead atoms. The molecule has 0 aromatic heterocycles. The van der Waals surface area contributed by atoms with Crippen LogP contribution in [0.25, 0.3) is 5.57 Å². The fourth-order valence-corrected chi connectivity index (χ4v) is 3.10. The van der Waals surface area contributed by atoms with Gasteiger partial charge in [0, 0.05) is 0 Å². The van der Waals surface area contributed by atoms with Gasteiger partial charge in [-0.05, 0) is 47.5 Å². The molecule has 0 nitrogen and oxygen atoms in total. The van der Waals surface area contributed by atoms with E-state index >= 15 is 0 Å². The molecule has 20 heavy (non-hydrogen) atoms. The number of fused-ring (bicyclic) bond motifs is 3. The molecule has 0 unspecified atom stereocenters. The SMILES string of the molecule is CC.CC1=CC=C2C(=CC1)CC(C)(C)c1ccccc12. The summed E-state index contributed by atoms with van der Waals surface area (Å²) in [5.41, 5.74) is 7.55. The van der Waals surface area contributed by atoms with Crippen LogP contribution in [0.3, 0.4) is 0 Å². The standard InChI is InChI=1S/C18H20.C2H6/c1-13-8-10-14-12-18(2,3)17-7-5-4-6-16(17)15(14)11-9-13;1-2/h4-7,9-11H,8,12H2,1-3H3;1-2H3. The molecule has 0 heteroatoms. The maximum atomic E-state index is 2.42. The van der Waals surface area contributed by atoms with Crippen molar-refractivity contribution in [3.05, 3.63) is 64.8 Å². The molecule has 0 heterocycles. The van der Waals surface area contributed by atoms with E-state index in [9.17, 15) is 0 Å². The van der Waals surface area contributed by atoms with Gasteiger partial charge >= 0.3 is 0 Å². The molecule has 1 aromatic carbocycles. The Labute approximate surface area is 123 Å². The highest BCUT2D eigenvalue weighted by atomic mass is 14.4. The molecule has 0 saturated carbocycles. The van der Waals surface area contributed by atoms with Crippen LogP contribution >= 0.6 is 0 Å². The molecule has 0 saturated heterocycles. The summed E-state index contributed by atoms with van der Waals surface area (Å²) in [4.78, 5) is 0. The van der Waals surface area contributed by atoms with Gasteiger partial charge in [0.05, 0.1) is 0 Å². The predicted molar refractivity (Wildman–Crippen MR) is 89.9 cm³/mol. The van der Waals surface area contributed by atoms with Gasteiger partial charge in [-0.2, -0.15) is 0 Å². The van der Waals surface area contributed by atoms with Crippen molar-refractivity contribution in [2.75, 3.05) is 0 Å². The molecule has 0 amide bonds. The first-order valence-electron chi connectivity index (χ1n) is 7.75. The summed E-state index contributed by atoms with van der Waals surface area (Å²) in [5, 5.41) is 0. The molecule has 0 radical (unpaired) electrons. The second-order valence-corrected chi connectivity index (χ2v) is 6.13. The van der Waals surface area contributed by atoms with E-state index in [0.717, 1.165) is 12.8 Å². The first-order chi connectivity index (χ1) is 9.58. The molecule has 106 valence electrons. The van der Waals surface area contributed by atoms with Gasteiger partial charge in [-0.3, -0.25) is 0 Å². The van der Waals surface area contributed by atoms with E-state index in [0.29, 0.717) is 0 Å². The second kappa shape index (κ2) is 5.83. The van der Waals surface area contributed by atoms with Crippen LogP contribution in [0.15, 0.2) is 53.6 Å². The molecule has 0 fully saturated rings. The Morgan fingerprint density at radius 3 is 2.45 bits per heavy atom. The molecule has 1 aromatic rings. The van der Waals surface area contributed by atoms with Crippen molar-refractivity contribution in [2.24, 2.45) is 0 Å². The Morgan fingerprint density at radius 1 is 1.00 bits per heavy atom. The van der Waals surface area contributed by atoms with Gasteiger partial charge in [0.25, 0.3) is 0 Å². The molecule has 0 atom stereocenters. The lowest BCUT2D eigenvalue weighted by atomic mass is 9.68. The Kier molecular flexibility index (Phi) is 4.32. The Hall–Kier alpha value is -1.56. The minimum absolute atomic E-state index is 0.248.